The van der Waals surface area contributed by atoms with Crippen LogP contribution in [0.15, 0.2) is 6.07 Å². The molecule has 2 nitrogen and oxygen atoms in total. The molecule has 0 bridgehead atoms. The molecular weight excluding hydrogens is 218 g/mol. The van der Waals surface area contributed by atoms with Gasteiger partial charge >= 0.3 is 0 Å². The molecule has 2 rings (SSSR count). The lowest BCUT2D eigenvalue weighted by molar-refractivity contribution is 0.0974. The summed E-state index contributed by atoms with van der Waals surface area (Å²) in [5.74, 6) is 0. The van der Waals surface area contributed by atoms with Gasteiger partial charge in [0.2, 0.25) is 0 Å². The quantitative estimate of drug-likeness (QED) is 0.833. The Kier molecular flexibility index (Phi) is 3.38. The van der Waals surface area contributed by atoms with Crippen LogP contribution in [0.4, 0.5) is 0 Å². The van der Waals surface area contributed by atoms with Gasteiger partial charge in [0.15, 0.2) is 0 Å². The summed E-state index contributed by atoms with van der Waals surface area (Å²) in [6.07, 6.45) is 3.74. The second kappa shape index (κ2) is 4.47. The largest absolute Gasteiger partial charge is 0.393 e. The summed E-state index contributed by atoms with van der Waals surface area (Å²) in [4.78, 5) is 2.77. The highest BCUT2D eigenvalue weighted by atomic mass is 32.1. The summed E-state index contributed by atoms with van der Waals surface area (Å²) in [6, 6.07) is 2.30. The number of aliphatic hydroxyl groups excluding tert-OH is 1. The molecule has 0 aromatic carbocycles. The van der Waals surface area contributed by atoms with Crippen molar-refractivity contribution in [2.45, 2.75) is 51.0 Å². The number of hydrogen-bond donors (Lipinski definition) is 2. The molecule has 16 heavy (non-hydrogen) atoms. The van der Waals surface area contributed by atoms with Crippen LogP contribution >= 0.6 is 11.3 Å². The molecule has 1 fully saturated rings. The molecule has 0 aliphatic heterocycles. The Balaban J connectivity index is 2.31. The predicted molar refractivity (Wildman–Crippen MR) is 69.0 cm³/mol. The van der Waals surface area contributed by atoms with Gasteiger partial charge in [-0.1, -0.05) is 0 Å². The van der Waals surface area contributed by atoms with Crippen molar-refractivity contribution in [1.82, 2.24) is 0 Å². The van der Waals surface area contributed by atoms with Crippen LogP contribution in [0.2, 0.25) is 0 Å². The lowest BCUT2D eigenvalue weighted by Gasteiger charge is -2.38. The fraction of sp³-hybridized carbons (Fsp3) is 0.692. The Morgan fingerprint density at radius 3 is 2.50 bits per heavy atom. The first-order chi connectivity index (χ1) is 7.57. The molecule has 3 heteroatoms. The Labute approximate surface area is 101 Å². The van der Waals surface area contributed by atoms with Crippen molar-refractivity contribution in [3.8, 4) is 0 Å². The Bertz CT molecular complexity index is 364. The summed E-state index contributed by atoms with van der Waals surface area (Å²) in [5.41, 5.74) is 7.58. The number of nitrogens with two attached hydrogens (primary N) is 1. The molecule has 90 valence electrons. The molecule has 0 radical (unpaired) electrons. The van der Waals surface area contributed by atoms with E-state index in [4.69, 9.17) is 5.73 Å². The van der Waals surface area contributed by atoms with Crippen molar-refractivity contribution < 1.29 is 5.11 Å². The zero-order valence-electron chi connectivity index (χ0n) is 10.1. The summed E-state index contributed by atoms with van der Waals surface area (Å²) < 4.78 is 0. The van der Waals surface area contributed by atoms with Crippen LogP contribution in [0.25, 0.3) is 0 Å². The maximum absolute atomic E-state index is 9.62. The van der Waals surface area contributed by atoms with Crippen LogP contribution in [-0.2, 0) is 5.41 Å². The van der Waals surface area contributed by atoms with E-state index in [0.29, 0.717) is 6.54 Å². The average molecular weight is 239 g/mol. The van der Waals surface area contributed by atoms with E-state index in [1.807, 2.05) is 11.3 Å². The summed E-state index contributed by atoms with van der Waals surface area (Å²) >= 11 is 1.86. The maximum Gasteiger partial charge on any atom is 0.0541 e. The first-order valence-corrected chi connectivity index (χ1v) is 6.85. The van der Waals surface area contributed by atoms with E-state index in [0.717, 1.165) is 25.7 Å². The number of aliphatic hydroxyl groups is 1. The van der Waals surface area contributed by atoms with E-state index in [-0.39, 0.29) is 11.5 Å². The van der Waals surface area contributed by atoms with Gasteiger partial charge in [0.05, 0.1) is 6.10 Å². The number of thiophene rings is 1. The van der Waals surface area contributed by atoms with E-state index in [1.165, 1.54) is 15.3 Å². The fourth-order valence-electron chi connectivity index (χ4n) is 2.90. The molecule has 1 saturated carbocycles. The second-order valence-electron chi connectivity index (χ2n) is 5.04. The minimum atomic E-state index is -0.111. The zero-order chi connectivity index (χ0) is 11.8. The Hall–Kier alpha value is -0.380. The minimum absolute atomic E-state index is 0.111. The van der Waals surface area contributed by atoms with Gasteiger partial charge in [0.25, 0.3) is 0 Å². The summed E-state index contributed by atoms with van der Waals surface area (Å²) in [6.45, 7) is 5.05. The minimum Gasteiger partial charge on any atom is -0.393 e. The smallest absolute Gasteiger partial charge is 0.0541 e. The summed E-state index contributed by atoms with van der Waals surface area (Å²) in [5, 5.41) is 9.62. The molecular formula is C13H21NOS. The third-order valence-corrected chi connectivity index (χ3v) is 4.88. The third kappa shape index (κ3) is 2.04. The van der Waals surface area contributed by atoms with Gasteiger partial charge in [-0.15, -0.1) is 11.3 Å². The van der Waals surface area contributed by atoms with Crippen LogP contribution in [-0.4, -0.2) is 17.8 Å². The molecule has 1 aliphatic rings. The third-order valence-electron chi connectivity index (χ3n) is 3.92. The van der Waals surface area contributed by atoms with Gasteiger partial charge in [-0.25, -0.2) is 0 Å². The Morgan fingerprint density at radius 1 is 1.44 bits per heavy atom. The fourth-order valence-corrected chi connectivity index (χ4v) is 3.94. The molecule has 3 N–H and O–H groups in total. The van der Waals surface area contributed by atoms with E-state index >= 15 is 0 Å². The first kappa shape index (κ1) is 12.1. The van der Waals surface area contributed by atoms with Gasteiger partial charge in [0, 0.05) is 21.7 Å². The number of aryl methyl sites for hydroxylation is 2. The van der Waals surface area contributed by atoms with Gasteiger partial charge in [0.1, 0.15) is 0 Å². The highest BCUT2D eigenvalue weighted by Crippen LogP contribution is 2.42. The van der Waals surface area contributed by atoms with Crippen LogP contribution in [0.1, 0.15) is 41.0 Å². The van der Waals surface area contributed by atoms with E-state index < -0.39 is 0 Å². The van der Waals surface area contributed by atoms with E-state index in [9.17, 15) is 5.11 Å². The highest BCUT2D eigenvalue weighted by Gasteiger charge is 2.36. The van der Waals surface area contributed by atoms with Crippen molar-refractivity contribution in [3.63, 3.8) is 0 Å². The van der Waals surface area contributed by atoms with Gasteiger partial charge < -0.3 is 10.8 Å². The second-order valence-corrected chi connectivity index (χ2v) is 6.50. The number of hydrogen-bond acceptors (Lipinski definition) is 3. The SMILES string of the molecule is Cc1cc(C2(CN)CCC(O)CC2)c(C)s1. The lowest BCUT2D eigenvalue weighted by Crippen LogP contribution is -2.40. The average Bonchev–Trinajstić information content (AvgIpc) is 2.60. The lowest BCUT2D eigenvalue weighted by atomic mass is 9.69. The predicted octanol–water partition coefficient (Wildman–Crippen LogP) is 2.50. The molecule has 0 spiro atoms. The molecule has 0 atom stereocenters. The standard InChI is InChI=1S/C13H21NOS/c1-9-7-12(10(2)16-9)13(8-14)5-3-11(15)4-6-13/h7,11,15H,3-6,8,14H2,1-2H3. The molecule has 1 aliphatic carbocycles. The summed E-state index contributed by atoms with van der Waals surface area (Å²) in [7, 11) is 0. The molecule has 0 amide bonds. The zero-order valence-corrected chi connectivity index (χ0v) is 10.9. The van der Waals surface area contributed by atoms with E-state index in [2.05, 4.69) is 19.9 Å². The molecule has 0 unspecified atom stereocenters. The normalized spacial score (nSPS) is 30.6. The van der Waals surface area contributed by atoms with Crippen molar-refractivity contribution in [2.75, 3.05) is 6.54 Å². The van der Waals surface area contributed by atoms with Gasteiger partial charge in [-0.3, -0.25) is 0 Å². The topological polar surface area (TPSA) is 46.2 Å². The van der Waals surface area contributed by atoms with Gasteiger partial charge in [-0.05, 0) is 51.2 Å². The molecule has 1 aromatic rings. The van der Waals surface area contributed by atoms with Crippen molar-refractivity contribution >= 4 is 11.3 Å². The van der Waals surface area contributed by atoms with Crippen LogP contribution in [0.3, 0.4) is 0 Å². The number of rotatable bonds is 2. The van der Waals surface area contributed by atoms with Crippen molar-refractivity contribution in [1.29, 1.82) is 0 Å². The molecule has 1 aromatic heterocycles. The monoisotopic (exact) mass is 239 g/mol. The Morgan fingerprint density at radius 2 is 2.06 bits per heavy atom. The first-order valence-electron chi connectivity index (χ1n) is 6.03. The van der Waals surface area contributed by atoms with Crippen LogP contribution < -0.4 is 5.73 Å². The molecule has 0 saturated heterocycles. The molecule has 1 heterocycles. The van der Waals surface area contributed by atoms with Crippen molar-refractivity contribution in [2.24, 2.45) is 5.73 Å². The van der Waals surface area contributed by atoms with Gasteiger partial charge in [-0.2, -0.15) is 0 Å². The highest BCUT2D eigenvalue weighted by molar-refractivity contribution is 7.12. The maximum atomic E-state index is 9.62. The van der Waals surface area contributed by atoms with Crippen LogP contribution in [0, 0.1) is 13.8 Å². The van der Waals surface area contributed by atoms with Crippen LogP contribution in [0.5, 0.6) is 0 Å². The van der Waals surface area contributed by atoms with Crippen molar-refractivity contribution in [3.05, 3.63) is 21.4 Å². The van der Waals surface area contributed by atoms with E-state index in [1.54, 1.807) is 0 Å².